The molecule has 0 spiro atoms. The third-order valence-corrected chi connectivity index (χ3v) is 4.65. The van der Waals surface area contributed by atoms with Gasteiger partial charge in [-0.15, -0.1) is 12.4 Å². The molecule has 1 heterocycles. The topological polar surface area (TPSA) is 22.0 Å². The van der Waals surface area contributed by atoms with Gasteiger partial charge in [0.15, 0.2) is 0 Å². The second kappa shape index (κ2) is 17.1. The van der Waals surface area contributed by atoms with Crippen molar-refractivity contribution < 1.29 is 0 Å². The highest BCUT2D eigenvalue weighted by atomic mass is 35.5. The summed E-state index contributed by atoms with van der Waals surface area (Å²) in [5.41, 5.74) is 0.127. The van der Waals surface area contributed by atoms with Crippen molar-refractivity contribution in [2.75, 3.05) is 0 Å². The molecule has 0 aliphatic heterocycles. The molecular weight excluding hydrogens is 318 g/mol. The molecule has 0 fully saturated rings. The number of aromatic nitrogens is 1. The molecule has 0 radical (unpaired) electrons. The molecule has 140 valence electrons. The van der Waals surface area contributed by atoms with E-state index in [2.05, 4.69) is 6.92 Å². The van der Waals surface area contributed by atoms with Crippen LogP contribution in [0, 0.1) is 0 Å². The van der Waals surface area contributed by atoms with E-state index in [0.29, 0.717) is 0 Å². The Kier molecular flexibility index (Phi) is 16.5. The van der Waals surface area contributed by atoms with Gasteiger partial charge in [-0.3, -0.25) is 4.79 Å². The lowest BCUT2D eigenvalue weighted by atomic mass is 10.0. The molecule has 1 aromatic rings. The maximum Gasteiger partial charge on any atom is 0.250 e. The molecular formula is C21H38ClNO. The van der Waals surface area contributed by atoms with Crippen LogP contribution in [0.4, 0.5) is 0 Å². The molecule has 0 aliphatic rings. The van der Waals surface area contributed by atoms with E-state index in [1.807, 2.05) is 22.9 Å². The van der Waals surface area contributed by atoms with Gasteiger partial charge in [-0.25, -0.2) is 0 Å². The molecule has 0 bridgehead atoms. The van der Waals surface area contributed by atoms with E-state index in [9.17, 15) is 4.79 Å². The minimum atomic E-state index is 0. The number of rotatable bonds is 15. The maximum atomic E-state index is 11.5. The zero-order valence-electron chi connectivity index (χ0n) is 15.7. The summed E-state index contributed by atoms with van der Waals surface area (Å²) in [4.78, 5) is 11.5. The van der Waals surface area contributed by atoms with Crippen molar-refractivity contribution in [2.45, 2.75) is 103 Å². The monoisotopic (exact) mass is 355 g/mol. The van der Waals surface area contributed by atoms with Crippen LogP contribution in [-0.2, 0) is 6.54 Å². The number of hydrogen-bond donors (Lipinski definition) is 0. The van der Waals surface area contributed by atoms with E-state index in [0.717, 1.165) is 13.0 Å². The van der Waals surface area contributed by atoms with Gasteiger partial charge in [0, 0.05) is 18.8 Å². The highest BCUT2D eigenvalue weighted by molar-refractivity contribution is 5.85. The Morgan fingerprint density at radius 1 is 0.708 bits per heavy atom. The van der Waals surface area contributed by atoms with Gasteiger partial charge in [0.2, 0.25) is 5.56 Å². The molecule has 0 unspecified atom stereocenters. The van der Waals surface area contributed by atoms with E-state index in [-0.39, 0.29) is 18.0 Å². The highest BCUT2D eigenvalue weighted by Gasteiger charge is 1.96. The fourth-order valence-corrected chi connectivity index (χ4v) is 3.12. The van der Waals surface area contributed by atoms with Crippen LogP contribution in [0.5, 0.6) is 0 Å². The first-order chi connectivity index (χ1) is 11.3. The van der Waals surface area contributed by atoms with Crippen molar-refractivity contribution in [3.63, 3.8) is 0 Å². The normalized spacial score (nSPS) is 10.5. The molecule has 0 amide bonds. The first kappa shape index (κ1) is 23.2. The molecule has 3 heteroatoms. The second-order valence-electron chi connectivity index (χ2n) is 6.83. The van der Waals surface area contributed by atoms with Crippen LogP contribution in [0.15, 0.2) is 29.2 Å². The molecule has 0 N–H and O–H groups in total. The summed E-state index contributed by atoms with van der Waals surface area (Å²) in [6, 6.07) is 5.39. The summed E-state index contributed by atoms with van der Waals surface area (Å²) in [6.07, 6.45) is 21.1. The Morgan fingerprint density at radius 2 is 1.17 bits per heavy atom. The van der Waals surface area contributed by atoms with Gasteiger partial charge in [-0.2, -0.15) is 0 Å². The number of pyridine rings is 1. The lowest BCUT2D eigenvalue weighted by Crippen LogP contribution is -2.17. The van der Waals surface area contributed by atoms with Gasteiger partial charge in [-0.1, -0.05) is 96.5 Å². The van der Waals surface area contributed by atoms with Crippen LogP contribution in [-0.4, -0.2) is 4.57 Å². The van der Waals surface area contributed by atoms with Crippen molar-refractivity contribution in [1.29, 1.82) is 0 Å². The van der Waals surface area contributed by atoms with Crippen LogP contribution >= 0.6 is 12.4 Å². The van der Waals surface area contributed by atoms with Crippen LogP contribution < -0.4 is 5.56 Å². The predicted octanol–water partition coefficient (Wildman–Crippen LogP) is 6.75. The van der Waals surface area contributed by atoms with Gasteiger partial charge >= 0.3 is 0 Å². The SMILES string of the molecule is CCCCCCCCCCCCCCCCn1ccccc1=O.Cl. The third-order valence-electron chi connectivity index (χ3n) is 4.65. The quantitative estimate of drug-likeness (QED) is 0.319. The van der Waals surface area contributed by atoms with E-state index < -0.39 is 0 Å². The Morgan fingerprint density at radius 3 is 1.62 bits per heavy atom. The minimum Gasteiger partial charge on any atom is -0.316 e. The number of halogens is 1. The Bertz CT molecular complexity index is 430. The van der Waals surface area contributed by atoms with Crippen molar-refractivity contribution >= 4 is 12.4 Å². The maximum absolute atomic E-state index is 11.5. The van der Waals surface area contributed by atoms with Crippen LogP contribution in [0.1, 0.15) is 96.8 Å². The molecule has 0 saturated carbocycles. The van der Waals surface area contributed by atoms with Gasteiger partial charge < -0.3 is 4.57 Å². The zero-order valence-corrected chi connectivity index (χ0v) is 16.5. The summed E-state index contributed by atoms with van der Waals surface area (Å²) in [5.74, 6) is 0. The summed E-state index contributed by atoms with van der Waals surface area (Å²) < 4.78 is 1.82. The smallest absolute Gasteiger partial charge is 0.250 e. The average molecular weight is 356 g/mol. The van der Waals surface area contributed by atoms with E-state index in [1.165, 1.54) is 83.5 Å². The standard InChI is InChI=1S/C21H37NO.ClH/c1-2-3-4-5-6-7-8-9-10-11-12-13-14-16-19-22-20-17-15-18-21(22)23;/h15,17-18,20H,2-14,16,19H2,1H3;1H. The lowest BCUT2D eigenvalue weighted by molar-refractivity contribution is 0.521. The first-order valence-corrected chi connectivity index (χ1v) is 10.00. The second-order valence-corrected chi connectivity index (χ2v) is 6.83. The minimum absolute atomic E-state index is 0. The van der Waals surface area contributed by atoms with Crippen molar-refractivity contribution in [1.82, 2.24) is 4.57 Å². The fourth-order valence-electron chi connectivity index (χ4n) is 3.12. The average Bonchev–Trinajstić information content (AvgIpc) is 2.57. The number of hydrogen-bond acceptors (Lipinski definition) is 1. The molecule has 2 nitrogen and oxygen atoms in total. The fraction of sp³-hybridized carbons (Fsp3) is 0.762. The molecule has 24 heavy (non-hydrogen) atoms. The Balaban J connectivity index is 0.00000529. The summed E-state index contributed by atoms with van der Waals surface area (Å²) in [7, 11) is 0. The number of unbranched alkanes of at least 4 members (excludes halogenated alkanes) is 13. The van der Waals surface area contributed by atoms with Crippen LogP contribution in [0.3, 0.4) is 0 Å². The highest BCUT2D eigenvalue weighted by Crippen LogP contribution is 2.13. The first-order valence-electron chi connectivity index (χ1n) is 10.00. The van der Waals surface area contributed by atoms with Crippen LogP contribution in [0.2, 0.25) is 0 Å². The van der Waals surface area contributed by atoms with E-state index >= 15 is 0 Å². The van der Waals surface area contributed by atoms with Gasteiger partial charge in [0.1, 0.15) is 0 Å². The van der Waals surface area contributed by atoms with E-state index in [4.69, 9.17) is 0 Å². The lowest BCUT2D eigenvalue weighted by Gasteiger charge is -2.05. The van der Waals surface area contributed by atoms with Crippen LogP contribution in [0.25, 0.3) is 0 Å². The van der Waals surface area contributed by atoms with Gasteiger partial charge in [0.25, 0.3) is 0 Å². The number of nitrogens with zero attached hydrogens (tertiary/aromatic N) is 1. The van der Waals surface area contributed by atoms with Crippen molar-refractivity contribution in [3.8, 4) is 0 Å². The zero-order chi connectivity index (χ0) is 16.6. The molecule has 1 rings (SSSR count). The molecule has 0 aliphatic carbocycles. The largest absolute Gasteiger partial charge is 0.316 e. The predicted molar refractivity (Wildman–Crippen MR) is 108 cm³/mol. The Hall–Kier alpha value is -0.760. The van der Waals surface area contributed by atoms with Gasteiger partial charge in [-0.05, 0) is 12.5 Å². The summed E-state index contributed by atoms with van der Waals surface area (Å²) >= 11 is 0. The molecule has 1 aromatic heterocycles. The summed E-state index contributed by atoms with van der Waals surface area (Å²) in [6.45, 7) is 3.15. The van der Waals surface area contributed by atoms with Gasteiger partial charge in [0.05, 0.1) is 0 Å². The molecule has 0 atom stereocenters. The number of aryl methyl sites for hydroxylation is 1. The third kappa shape index (κ3) is 12.6. The molecule has 0 saturated heterocycles. The van der Waals surface area contributed by atoms with Crippen molar-refractivity contribution in [3.05, 3.63) is 34.7 Å². The molecule has 0 aromatic carbocycles. The van der Waals surface area contributed by atoms with Crippen molar-refractivity contribution in [2.24, 2.45) is 0 Å². The van der Waals surface area contributed by atoms with E-state index in [1.54, 1.807) is 6.07 Å². The summed E-state index contributed by atoms with van der Waals surface area (Å²) in [5, 5.41) is 0. The Labute approximate surface area is 155 Å².